The molecule has 0 bridgehead atoms. The SMILES string of the molecule is CCc1ccc(NC(=O)Cn2nc3c(N4CCCCCC4)nccn3c2=O)cc1. The Morgan fingerprint density at radius 2 is 1.83 bits per heavy atom. The highest BCUT2D eigenvalue weighted by molar-refractivity contribution is 5.90. The summed E-state index contributed by atoms with van der Waals surface area (Å²) in [6, 6.07) is 7.69. The normalized spacial score (nSPS) is 14.7. The third kappa shape index (κ3) is 4.16. The van der Waals surface area contributed by atoms with E-state index >= 15 is 0 Å². The summed E-state index contributed by atoms with van der Waals surface area (Å²) in [6.07, 6.45) is 8.79. The van der Waals surface area contributed by atoms with Crippen LogP contribution in [0.25, 0.3) is 5.65 Å². The fraction of sp³-hybridized carbons (Fsp3) is 0.429. The van der Waals surface area contributed by atoms with E-state index in [1.165, 1.54) is 27.5 Å². The number of nitrogens with one attached hydrogen (secondary N) is 1. The molecule has 0 atom stereocenters. The molecule has 0 spiro atoms. The highest BCUT2D eigenvalue weighted by atomic mass is 16.2. The Balaban J connectivity index is 1.55. The van der Waals surface area contributed by atoms with Gasteiger partial charge < -0.3 is 10.2 Å². The minimum absolute atomic E-state index is 0.143. The summed E-state index contributed by atoms with van der Waals surface area (Å²) < 4.78 is 2.67. The van der Waals surface area contributed by atoms with E-state index in [-0.39, 0.29) is 18.1 Å². The van der Waals surface area contributed by atoms with Gasteiger partial charge in [-0.3, -0.25) is 4.79 Å². The number of nitrogens with zero attached hydrogens (tertiary/aromatic N) is 5. The predicted octanol–water partition coefficient (Wildman–Crippen LogP) is 2.47. The average Bonchev–Trinajstić information content (AvgIpc) is 2.91. The van der Waals surface area contributed by atoms with Crippen LogP contribution < -0.4 is 15.9 Å². The van der Waals surface area contributed by atoms with E-state index in [0.717, 1.165) is 32.4 Å². The Morgan fingerprint density at radius 3 is 2.52 bits per heavy atom. The number of anilines is 2. The van der Waals surface area contributed by atoms with Crippen LogP contribution >= 0.6 is 0 Å². The molecule has 1 aliphatic heterocycles. The van der Waals surface area contributed by atoms with Crippen LogP contribution in [0.5, 0.6) is 0 Å². The third-order valence-corrected chi connectivity index (χ3v) is 5.33. The molecule has 1 aromatic carbocycles. The molecule has 2 aromatic heterocycles. The van der Waals surface area contributed by atoms with E-state index in [0.29, 0.717) is 17.2 Å². The number of rotatable bonds is 5. The topological polar surface area (TPSA) is 84.5 Å². The second-order valence-electron chi connectivity index (χ2n) is 7.38. The zero-order valence-corrected chi connectivity index (χ0v) is 16.7. The maximum Gasteiger partial charge on any atom is 0.350 e. The molecule has 1 saturated heterocycles. The van der Waals surface area contributed by atoms with Gasteiger partial charge in [-0.05, 0) is 37.0 Å². The quantitative estimate of drug-likeness (QED) is 0.719. The number of amides is 1. The molecule has 0 unspecified atom stereocenters. The molecule has 1 fully saturated rings. The number of benzene rings is 1. The standard InChI is InChI=1S/C21H26N6O2/c1-2-16-7-9-17(10-8-16)23-18(28)15-27-21(29)26-14-11-22-19(20(26)24-27)25-12-5-3-4-6-13-25/h7-11,14H,2-6,12-13,15H2,1H3,(H,23,28). The molecule has 152 valence electrons. The maximum atomic E-state index is 12.7. The number of hydrogen-bond donors (Lipinski definition) is 1. The summed E-state index contributed by atoms with van der Waals surface area (Å²) in [7, 11) is 0. The molecular formula is C21H26N6O2. The summed E-state index contributed by atoms with van der Waals surface area (Å²) in [5.41, 5.74) is 2.07. The van der Waals surface area contributed by atoms with Crippen molar-refractivity contribution < 1.29 is 4.79 Å². The number of aryl methyl sites for hydroxylation is 1. The summed E-state index contributed by atoms with van der Waals surface area (Å²) >= 11 is 0. The highest BCUT2D eigenvalue weighted by Gasteiger charge is 2.19. The van der Waals surface area contributed by atoms with E-state index in [9.17, 15) is 9.59 Å². The van der Waals surface area contributed by atoms with Gasteiger partial charge in [0.25, 0.3) is 0 Å². The Labute approximate surface area is 169 Å². The minimum atomic E-state index is -0.338. The van der Waals surface area contributed by atoms with Gasteiger partial charge in [0.05, 0.1) is 0 Å². The van der Waals surface area contributed by atoms with Crippen LogP contribution in [-0.4, -0.2) is 38.2 Å². The first-order valence-electron chi connectivity index (χ1n) is 10.2. The van der Waals surface area contributed by atoms with Gasteiger partial charge in [-0.15, -0.1) is 5.10 Å². The van der Waals surface area contributed by atoms with Crippen LogP contribution in [0.4, 0.5) is 11.5 Å². The monoisotopic (exact) mass is 394 g/mol. The molecule has 1 amide bonds. The Kier molecular flexibility index (Phi) is 5.59. The summed E-state index contributed by atoms with van der Waals surface area (Å²) in [4.78, 5) is 31.9. The van der Waals surface area contributed by atoms with E-state index in [4.69, 9.17) is 0 Å². The van der Waals surface area contributed by atoms with Crippen molar-refractivity contribution in [3.05, 3.63) is 52.7 Å². The van der Waals surface area contributed by atoms with Crippen LogP contribution in [0.15, 0.2) is 41.5 Å². The lowest BCUT2D eigenvalue weighted by molar-refractivity contribution is -0.117. The van der Waals surface area contributed by atoms with Crippen LogP contribution in [0, 0.1) is 0 Å². The van der Waals surface area contributed by atoms with Crippen molar-refractivity contribution in [1.82, 2.24) is 19.2 Å². The van der Waals surface area contributed by atoms with Gasteiger partial charge in [0.1, 0.15) is 6.54 Å². The molecular weight excluding hydrogens is 368 g/mol. The molecule has 1 aliphatic rings. The first-order chi connectivity index (χ1) is 14.2. The van der Waals surface area contributed by atoms with E-state index in [2.05, 4.69) is 27.2 Å². The molecule has 0 aliphatic carbocycles. The third-order valence-electron chi connectivity index (χ3n) is 5.33. The largest absolute Gasteiger partial charge is 0.353 e. The van der Waals surface area contributed by atoms with Crippen LogP contribution in [-0.2, 0) is 17.8 Å². The van der Waals surface area contributed by atoms with Crippen LogP contribution in [0.3, 0.4) is 0 Å². The van der Waals surface area contributed by atoms with Crippen molar-refractivity contribution in [2.24, 2.45) is 0 Å². The summed E-state index contributed by atoms with van der Waals surface area (Å²) in [6.45, 7) is 3.75. The minimum Gasteiger partial charge on any atom is -0.353 e. The van der Waals surface area contributed by atoms with Crippen LogP contribution in [0.1, 0.15) is 38.2 Å². The van der Waals surface area contributed by atoms with E-state index < -0.39 is 0 Å². The van der Waals surface area contributed by atoms with Crippen molar-refractivity contribution in [2.45, 2.75) is 45.6 Å². The Hall–Kier alpha value is -3.16. The number of carbonyl (C=O) groups is 1. The highest BCUT2D eigenvalue weighted by Crippen LogP contribution is 2.20. The van der Waals surface area contributed by atoms with Gasteiger partial charge in [-0.25, -0.2) is 18.9 Å². The molecule has 4 rings (SSSR count). The van der Waals surface area contributed by atoms with Gasteiger partial charge in [-0.2, -0.15) is 0 Å². The molecule has 1 N–H and O–H groups in total. The molecule has 29 heavy (non-hydrogen) atoms. The number of hydrogen-bond acceptors (Lipinski definition) is 5. The second-order valence-corrected chi connectivity index (χ2v) is 7.38. The Bertz CT molecular complexity index is 1050. The lowest BCUT2D eigenvalue weighted by Gasteiger charge is -2.20. The molecule has 3 aromatic rings. The molecule has 3 heterocycles. The predicted molar refractivity (Wildman–Crippen MR) is 112 cm³/mol. The van der Waals surface area contributed by atoms with E-state index in [1.54, 1.807) is 12.4 Å². The van der Waals surface area contributed by atoms with Crippen molar-refractivity contribution >= 4 is 23.1 Å². The number of fused-ring (bicyclic) bond motifs is 1. The maximum absolute atomic E-state index is 12.7. The van der Waals surface area contributed by atoms with Gasteiger partial charge in [0.2, 0.25) is 11.6 Å². The molecule has 8 heteroatoms. The summed E-state index contributed by atoms with van der Waals surface area (Å²) in [5.74, 6) is 0.421. The average molecular weight is 394 g/mol. The first kappa shape index (κ1) is 19.2. The Morgan fingerprint density at radius 1 is 1.10 bits per heavy atom. The van der Waals surface area contributed by atoms with Crippen molar-refractivity contribution in [2.75, 3.05) is 23.3 Å². The fourth-order valence-corrected chi connectivity index (χ4v) is 3.70. The number of carbonyl (C=O) groups excluding carboxylic acids is 1. The molecule has 8 nitrogen and oxygen atoms in total. The van der Waals surface area contributed by atoms with Crippen molar-refractivity contribution in [3.8, 4) is 0 Å². The summed E-state index contributed by atoms with van der Waals surface area (Å²) in [5, 5.41) is 7.25. The van der Waals surface area contributed by atoms with Gasteiger partial charge in [0.15, 0.2) is 5.82 Å². The number of aromatic nitrogens is 4. The zero-order valence-electron chi connectivity index (χ0n) is 16.7. The second kappa shape index (κ2) is 8.46. The zero-order chi connectivity index (χ0) is 20.2. The van der Waals surface area contributed by atoms with Gasteiger partial charge >= 0.3 is 5.69 Å². The van der Waals surface area contributed by atoms with E-state index in [1.807, 2.05) is 24.3 Å². The molecule has 0 radical (unpaired) electrons. The van der Waals surface area contributed by atoms with Crippen molar-refractivity contribution in [1.29, 1.82) is 0 Å². The molecule has 0 saturated carbocycles. The smallest absolute Gasteiger partial charge is 0.350 e. The van der Waals surface area contributed by atoms with Crippen LogP contribution in [0.2, 0.25) is 0 Å². The van der Waals surface area contributed by atoms with Gasteiger partial charge in [0, 0.05) is 31.2 Å². The lowest BCUT2D eigenvalue weighted by Crippen LogP contribution is -2.28. The first-order valence-corrected chi connectivity index (χ1v) is 10.2. The van der Waals surface area contributed by atoms with Crippen molar-refractivity contribution in [3.63, 3.8) is 0 Å². The van der Waals surface area contributed by atoms with Gasteiger partial charge in [-0.1, -0.05) is 31.9 Å². The fourth-order valence-electron chi connectivity index (χ4n) is 3.70. The lowest BCUT2D eigenvalue weighted by atomic mass is 10.1.